The second kappa shape index (κ2) is 6.58. The molecule has 2 N–H and O–H groups in total. The largest absolute Gasteiger partial charge is 0.507 e. The van der Waals surface area contributed by atoms with Crippen LogP contribution in [0.15, 0.2) is 30.3 Å². The Morgan fingerprint density at radius 3 is 2.79 bits per heavy atom. The first-order valence-corrected chi connectivity index (χ1v) is 7.84. The van der Waals surface area contributed by atoms with E-state index in [9.17, 15) is 9.90 Å². The van der Waals surface area contributed by atoms with Crippen LogP contribution in [-0.4, -0.2) is 17.6 Å². The quantitative estimate of drug-likeness (QED) is 0.760. The number of carbonyl (C=O) groups excluding carboxylic acids is 1. The van der Waals surface area contributed by atoms with Crippen LogP contribution in [0.1, 0.15) is 15.2 Å². The number of phenols is 1. The van der Waals surface area contributed by atoms with Gasteiger partial charge in [-0.1, -0.05) is 11.6 Å². The minimum atomic E-state index is -0.186. The van der Waals surface area contributed by atoms with Gasteiger partial charge in [-0.25, -0.2) is 0 Å². The number of aromatic hydroxyl groups is 1. The number of thiophene rings is 1. The molecule has 0 aliphatic carbocycles. The van der Waals surface area contributed by atoms with E-state index in [2.05, 4.69) is 5.32 Å². The van der Waals surface area contributed by atoms with Gasteiger partial charge in [-0.15, -0.1) is 11.3 Å². The Hall–Kier alpha value is -0.790. The lowest BCUT2D eigenvalue weighted by molar-refractivity contribution is 0.0954. The molecule has 100 valence electrons. The number of halogens is 2. The predicted molar refractivity (Wildman–Crippen MR) is 86.2 cm³/mol. The molecule has 6 heteroatoms. The number of hydrogen-bond donors (Lipinski definition) is 2. The summed E-state index contributed by atoms with van der Waals surface area (Å²) < 4.78 is 1.48. The molecule has 0 radical (unpaired) electrons. The summed E-state index contributed by atoms with van der Waals surface area (Å²) in [5.74, 6) is -0.0624. The van der Waals surface area contributed by atoms with Crippen molar-refractivity contribution < 1.29 is 9.90 Å². The average molecular weight is 408 g/mol. The average Bonchev–Trinajstić information content (AvgIpc) is 2.78. The molecule has 1 heterocycles. The highest BCUT2D eigenvalue weighted by molar-refractivity contribution is 14.1. The van der Waals surface area contributed by atoms with Crippen molar-refractivity contribution in [1.29, 1.82) is 0 Å². The summed E-state index contributed by atoms with van der Waals surface area (Å²) in [6.07, 6.45) is 0.749. The van der Waals surface area contributed by atoms with Gasteiger partial charge in [-0.05, 0) is 59.3 Å². The van der Waals surface area contributed by atoms with Gasteiger partial charge in [0.15, 0.2) is 0 Å². The number of amides is 1. The SMILES string of the molecule is O=C(NCCc1ccc(Cl)s1)c1ccc(I)c(O)c1. The Labute approximate surface area is 133 Å². The minimum absolute atomic E-state index is 0.123. The van der Waals surface area contributed by atoms with Crippen LogP contribution in [0.4, 0.5) is 0 Å². The van der Waals surface area contributed by atoms with Gasteiger partial charge in [-0.2, -0.15) is 0 Å². The van der Waals surface area contributed by atoms with Gasteiger partial charge in [0.2, 0.25) is 0 Å². The Morgan fingerprint density at radius 1 is 1.37 bits per heavy atom. The summed E-state index contributed by atoms with van der Waals surface area (Å²) in [4.78, 5) is 13.0. The third kappa shape index (κ3) is 4.09. The van der Waals surface area contributed by atoms with Crippen LogP contribution in [-0.2, 0) is 6.42 Å². The summed E-state index contributed by atoms with van der Waals surface area (Å²) in [6, 6.07) is 8.68. The molecule has 0 unspecified atom stereocenters. The van der Waals surface area contributed by atoms with Crippen LogP contribution >= 0.6 is 45.5 Å². The third-order valence-electron chi connectivity index (χ3n) is 2.49. The van der Waals surface area contributed by atoms with Gasteiger partial charge >= 0.3 is 0 Å². The minimum Gasteiger partial charge on any atom is -0.507 e. The molecule has 0 aliphatic rings. The van der Waals surface area contributed by atoms with Gasteiger partial charge in [0.05, 0.1) is 7.91 Å². The maximum absolute atomic E-state index is 11.9. The lowest BCUT2D eigenvalue weighted by Crippen LogP contribution is -2.25. The molecular weight excluding hydrogens is 397 g/mol. The van der Waals surface area contributed by atoms with E-state index in [4.69, 9.17) is 11.6 Å². The van der Waals surface area contributed by atoms with Crippen LogP contribution in [0.3, 0.4) is 0 Å². The highest BCUT2D eigenvalue weighted by atomic mass is 127. The fraction of sp³-hybridized carbons (Fsp3) is 0.154. The summed E-state index contributed by atoms with van der Waals surface area (Å²) >= 11 is 9.36. The molecule has 1 aromatic heterocycles. The molecule has 0 bridgehead atoms. The van der Waals surface area contributed by atoms with E-state index < -0.39 is 0 Å². The molecule has 2 aromatic rings. The van der Waals surface area contributed by atoms with Crippen molar-refractivity contribution in [2.45, 2.75) is 6.42 Å². The zero-order valence-electron chi connectivity index (χ0n) is 9.82. The number of phenolic OH excluding ortho intramolecular Hbond substituents is 1. The number of benzene rings is 1. The molecule has 1 amide bonds. The molecule has 0 aliphatic heterocycles. The van der Waals surface area contributed by atoms with Crippen LogP contribution in [0.2, 0.25) is 4.34 Å². The van der Waals surface area contributed by atoms with Gasteiger partial charge in [0.25, 0.3) is 5.91 Å². The van der Waals surface area contributed by atoms with Crippen LogP contribution in [0.5, 0.6) is 5.75 Å². The monoisotopic (exact) mass is 407 g/mol. The van der Waals surface area contributed by atoms with Crippen molar-refractivity contribution >= 4 is 51.4 Å². The highest BCUT2D eigenvalue weighted by Crippen LogP contribution is 2.22. The second-order valence-electron chi connectivity index (χ2n) is 3.88. The smallest absolute Gasteiger partial charge is 0.251 e. The Kier molecular flexibility index (Phi) is 5.06. The van der Waals surface area contributed by atoms with Crippen molar-refractivity contribution in [3.8, 4) is 5.75 Å². The second-order valence-corrected chi connectivity index (χ2v) is 6.84. The van der Waals surface area contributed by atoms with Gasteiger partial charge in [-0.3, -0.25) is 4.79 Å². The molecular formula is C13H11ClINO2S. The highest BCUT2D eigenvalue weighted by Gasteiger charge is 2.08. The summed E-state index contributed by atoms with van der Waals surface area (Å²) in [6.45, 7) is 0.544. The van der Waals surface area contributed by atoms with Crippen LogP contribution < -0.4 is 5.32 Å². The Morgan fingerprint density at radius 2 is 2.16 bits per heavy atom. The predicted octanol–water partition coefficient (Wildman–Crippen LogP) is 3.68. The summed E-state index contributed by atoms with van der Waals surface area (Å²) in [7, 11) is 0. The number of nitrogens with one attached hydrogen (secondary N) is 1. The molecule has 0 saturated heterocycles. The van der Waals surface area contributed by atoms with Gasteiger partial charge < -0.3 is 10.4 Å². The topological polar surface area (TPSA) is 49.3 Å². The van der Waals surface area contributed by atoms with Crippen LogP contribution in [0, 0.1) is 3.57 Å². The third-order valence-corrected chi connectivity index (χ3v) is 4.70. The van der Waals surface area contributed by atoms with Gasteiger partial charge in [0.1, 0.15) is 5.75 Å². The van der Waals surface area contributed by atoms with E-state index in [0.29, 0.717) is 12.1 Å². The Bertz CT molecular complexity index is 600. The maximum Gasteiger partial charge on any atom is 0.251 e. The van der Waals surface area contributed by atoms with E-state index in [1.807, 2.05) is 34.7 Å². The molecule has 1 aromatic carbocycles. The van der Waals surface area contributed by atoms with Crippen molar-refractivity contribution in [3.63, 3.8) is 0 Å². The lowest BCUT2D eigenvalue weighted by atomic mass is 10.2. The zero-order chi connectivity index (χ0) is 13.8. The molecule has 0 saturated carbocycles. The van der Waals surface area contributed by atoms with Crippen molar-refractivity contribution in [1.82, 2.24) is 5.32 Å². The van der Waals surface area contributed by atoms with Crippen molar-refractivity contribution in [2.75, 3.05) is 6.54 Å². The molecule has 0 fully saturated rings. The van der Waals surface area contributed by atoms with E-state index >= 15 is 0 Å². The molecule has 19 heavy (non-hydrogen) atoms. The van der Waals surface area contributed by atoms with E-state index in [-0.39, 0.29) is 11.7 Å². The zero-order valence-corrected chi connectivity index (χ0v) is 13.6. The fourth-order valence-electron chi connectivity index (χ4n) is 1.54. The standard InChI is InChI=1S/C13H11ClINO2S/c14-12-4-2-9(19-12)5-6-16-13(18)8-1-3-10(15)11(17)7-8/h1-4,7,17H,5-6H2,(H,16,18). The van der Waals surface area contributed by atoms with Crippen LogP contribution in [0.25, 0.3) is 0 Å². The number of rotatable bonds is 4. The Balaban J connectivity index is 1.89. The normalized spacial score (nSPS) is 10.4. The summed E-state index contributed by atoms with van der Waals surface area (Å²) in [5.41, 5.74) is 0.460. The first-order chi connectivity index (χ1) is 9.06. The van der Waals surface area contributed by atoms with E-state index in [0.717, 1.165) is 19.2 Å². The fourth-order valence-corrected chi connectivity index (χ4v) is 2.96. The van der Waals surface area contributed by atoms with Crippen molar-refractivity contribution in [2.24, 2.45) is 0 Å². The maximum atomic E-state index is 11.9. The molecule has 3 nitrogen and oxygen atoms in total. The van der Waals surface area contributed by atoms with Gasteiger partial charge in [0, 0.05) is 17.0 Å². The van der Waals surface area contributed by atoms with Crippen molar-refractivity contribution in [3.05, 3.63) is 48.7 Å². The number of hydrogen-bond acceptors (Lipinski definition) is 3. The molecule has 0 atom stereocenters. The number of carbonyl (C=O) groups is 1. The van der Waals surface area contributed by atoms with E-state index in [1.165, 1.54) is 17.4 Å². The lowest BCUT2D eigenvalue weighted by Gasteiger charge is -2.05. The molecule has 0 spiro atoms. The first kappa shape index (κ1) is 14.6. The first-order valence-electron chi connectivity index (χ1n) is 5.57. The summed E-state index contributed by atoms with van der Waals surface area (Å²) in [5, 5.41) is 12.4. The molecule has 2 rings (SSSR count). The van der Waals surface area contributed by atoms with E-state index in [1.54, 1.807) is 12.1 Å².